The number of methoxy groups -OCH3 is 1. The molecule has 1 saturated carbocycles. The van der Waals surface area contributed by atoms with Crippen LogP contribution in [0.2, 0.25) is 0 Å². The number of benzene rings is 1. The molecule has 0 bridgehead atoms. The monoisotopic (exact) mass is 435 g/mol. The summed E-state index contributed by atoms with van der Waals surface area (Å²) in [5.41, 5.74) is -0.616. The number of piperidine rings is 1. The predicted octanol–water partition coefficient (Wildman–Crippen LogP) is 2.57. The number of rotatable bonds is 6. The summed E-state index contributed by atoms with van der Waals surface area (Å²) in [7, 11) is 1.56. The molecule has 0 radical (unpaired) electrons. The summed E-state index contributed by atoms with van der Waals surface area (Å²) >= 11 is 0. The Bertz CT molecular complexity index is 747. The molecule has 31 heavy (non-hydrogen) atoms. The van der Waals surface area contributed by atoms with E-state index in [2.05, 4.69) is 0 Å². The molecule has 2 atom stereocenters. The number of hydrogen-bond acceptors (Lipinski definition) is 5. The van der Waals surface area contributed by atoms with Crippen LogP contribution in [-0.2, 0) is 20.8 Å². The lowest BCUT2D eigenvalue weighted by Gasteiger charge is -2.44. The number of hydrogen-bond donors (Lipinski definition) is 3. The van der Waals surface area contributed by atoms with E-state index in [0.717, 1.165) is 18.4 Å². The average molecular weight is 436 g/mol. The van der Waals surface area contributed by atoms with E-state index in [1.165, 1.54) is 19.3 Å². The fourth-order valence-electron chi connectivity index (χ4n) is 4.67. The van der Waals surface area contributed by atoms with Gasteiger partial charge in [0, 0.05) is 19.5 Å². The van der Waals surface area contributed by atoms with Gasteiger partial charge in [-0.25, -0.2) is 0 Å². The first kappa shape index (κ1) is 24.7. The van der Waals surface area contributed by atoms with Gasteiger partial charge in [-0.3, -0.25) is 14.4 Å². The Morgan fingerprint density at radius 2 is 1.90 bits per heavy atom. The van der Waals surface area contributed by atoms with Crippen molar-refractivity contribution in [2.75, 3.05) is 20.2 Å². The number of ether oxygens (including phenoxy) is 1. The van der Waals surface area contributed by atoms with Crippen molar-refractivity contribution in [1.29, 1.82) is 0 Å². The molecular formula is C23H33NO7. The molecule has 2 fully saturated rings. The van der Waals surface area contributed by atoms with Crippen molar-refractivity contribution in [1.82, 2.24) is 4.90 Å². The van der Waals surface area contributed by atoms with Gasteiger partial charge in [0.25, 0.3) is 6.47 Å². The second kappa shape index (κ2) is 11.7. The number of aliphatic hydroxyl groups is 1. The van der Waals surface area contributed by atoms with Gasteiger partial charge in [-0.05, 0) is 49.3 Å². The molecule has 1 heterocycles. The molecule has 172 valence electrons. The van der Waals surface area contributed by atoms with Crippen LogP contribution in [0.25, 0.3) is 0 Å². The van der Waals surface area contributed by atoms with Gasteiger partial charge < -0.3 is 25.0 Å². The van der Waals surface area contributed by atoms with E-state index in [4.69, 9.17) is 14.6 Å². The van der Waals surface area contributed by atoms with Crippen LogP contribution in [0.5, 0.6) is 5.75 Å². The van der Waals surface area contributed by atoms with Crippen molar-refractivity contribution in [3.63, 3.8) is 0 Å². The second-order valence-electron chi connectivity index (χ2n) is 8.42. The van der Waals surface area contributed by atoms with E-state index in [9.17, 15) is 19.8 Å². The zero-order valence-electron chi connectivity index (χ0n) is 18.0. The lowest BCUT2D eigenvalue weighted by molar-refractivity contribution is -0.166. The third kappa shape index (κ3) is 6.43. The van der Waals surface area contributed by atoms with Crippen molar-refractivity contribution in [3.8, 4) is 5.75 Å². The van der Waals surface area contributed by atoms with Crippen LogP contribution in [-0.4, -0.2) is 64.9 Å². The van der Waals surface area contributed by atoms with Crippen LogP contribution in [0.4, 0.5) is 0 Å². The Balaban J connectivity index is 0.00000107. The number of aliphatic carboxylic acids is 1. The lowest BCUT2D eigenvalue weighted by atomic mass is 9.72. The zero-order chi connectivity index (χ0) is 22.9. The minimum atomic E-state index is -1.40. The van der Waals surface area contributed by atoms with Crippen molar-refractivity contribution in [2.45, 2.75) is 57.5 Å². The highest BCUT2D eigenvalue weighted by atomic mass is 16.5. The maximum atomic E-state index is 12.9. The van der Waals surface area contributed by atoms with E-state index in [1.807, 2.05) is 12.1 Å². The van der Waals surface area contributed by atoms with Gasteiger partial charge in [0.15, 0.2) is 0 Å². The summed E-state index contributed by atoms with van der Waals surface area (Å²) in [6.07, 6.45) is 5.69. The normalized spacial score (nSPS) is 23.9. The van der Waals surface area contributed by atoms with Gasteiger partial charge in [-0.2, -0.15) is 0 Å². The SMILES string of the molecule is COc1cccc(C[C@@]2(C(=O)O)CN(C(=O)CC3CCCCC3)CC[C@@H]2O)c1.O=CO. The smallest absolute Gasteiger partial charge is 0.314 e. The molecule has 1 aromatic carbocycles. The predicted molar refractivity (Wildman–Crippen MR) is 114 cm³/mol. The van der Waals surface area contributed by atoms with E-state index < -0.39 is 17.5 Å². The van der Waals surface area contributed by atoms with E-state index in [-0.39, 0.29) is 31.8 Å². The summed E-state index contributed by atoms with van der Waals surface area (Å²) in [5, 5.41) is 27.6. The van der Waals surface area contributed by atoms with Crippen molar-refractivity contribution >= 4 is 18.3 Å². The molecule has 2 aliphatic rings. The topological polar surface area (TPSA) is 124 Å². The summed E-state index contributed by atoms with van der Waals surface area (Å²) in [6, 6.07) is 7.24. The van der Waals surface area contributed by atoms with E-state index in [1.54, 1.807) is 24.1 Å². The van der Waals surface area contributed by atoms with Crippen LogP contribution in [0.15, 0.2) is 24.3 Å². The highest BCUT2D eigenvalue weighted by Gasteiger charge is 2.50. The second-order valence-corrected chi connectivity index (χ2v) is 8.42. The average Bonchev–Trinajstić information content (AvgIpc) is 2.76. The van der Waals surface area contributed by atoms with Crippen LogP contribution < -0.4 is 4.74 Å². The van der Waals surface area contributed by atoms with Gasteiger partial charge in [0.2, 0.25) is 5.91 Å². The number of aliphatic hydroxyl groups excluding tert-OH is 1. The quantitative estimate of drug-likeness (QED) is 0.587. The Kier molecular flexibility index (Phi) is 9.30. The first-order valence-corrected chi connectivity index (χ1v) is 10.8. The van der Waals surface area contributed by atoms with Crippen molar-refractivity contribution in [3.05, 3.63) is 29.8 Å². The maximum absolute atomic E-state index is 12.9. The fourth-order valence-corrected chi connectivity index (χ4v) is 4.67. The number of carbonyl (C=O) groups excluding carboxylic acids is 1. The third-order valence-corrected chi connectivity index (χ3v) is 6.40. The molecule has 0 unspecified atom stereocenters. The summed E-state index contributed by atoms with van der Waals surface area (Å²) in [4.78, 5) is 35.2. The molecule has 3 rings (SSSR count). The minimum absolute atomic E-state index is 0.0232. The highest BCUT2D eigenvalue weighted by Crippen LogP contribution is 2.36. The Morgan fingerprint density at radius 1 is 1.23 bits per heavy atom. The Morgan fingerprint density at radius 3 is 2.52 bits per heavy atom. The zero-order valence-corrected chi connectivity index (χ0v) is 18.0. The largest absolute Gasteiger partial charge is 0.497 e. The van der Waals surface area contributed by atoms with Gasteiger partial charge in [-0.15, -0.1) is 0 Å². The Labute approximate surface area is 182 Å². The molecule has 0 spiro atoms. The molecular weight excluding hydrogens is 402 g/mol. The number of likely N-dealkylation sites (tertiary alicyclic amines) is 1. The molecule has 1 aliphatic heterocycles. The lowest BCUT2D eigenvalue weighted by Crippen LogP contribution is -2.58. The number of nitrogens with zero attached hydrogens (tertiary/aromatic N) is 1. The summed E-state index contributed by atoms with van der Waals surface area (Å²) < 4.78 is 5.23. The summed E-state index contributed by atoms with van der Waals surface area (Å²) in [6.45, 7) is 0.214. The molecule has 1 aliphatic carbocycles. The molecule has 8 nitrogen and oxygen atoms in total. The van der Waals surface area contributed by atoms with E-state index >= 15 is 0 Å². The maximum Gasteiger partial charge on any atom is 0.314 e. The standard InChI is InChI=1S/C22H31NO5.CH2O2/c1-28-18-9-5-8-17(12-18)14-22(21(26)27)15-23(11-10-19(22)24)20(25)13-16-6-3-2-4-7-16;2-1-3/h5,8-9,12,16,19,24H,2-4,6-7,10-11,13-15H2,1H3,(H,26,27);1H,(H,2,3)/t19-,22+;/m0./s1. The Hall–Kier alpha value is -2.61. The molecule has 1 aromatic rings. The molecule has 1 saturated heterocycles. The first-order valence-electron chi connectivity index (χ1n) is 10.8. The first-order chi connectivity index (χ1) is 14.9. The summed E-state index contributed by atoms with van der Waals surface area (Å²) in [5.74, 6) is 0.0207. The number of amides is 1. The highest BCUT2D eigenvalue weighted by molar-refractivity contribution is 5.80. The van der Waals surface area contributed by atoms with Gasteiger partial charge in [0.05, 0.1) is 13.2 Å². The molecule has 1 amide bonds. The number of carbonyl (C=O) groups is 3. The van der Waals surface area contributed by atoms with Crippen LogP contribution >= 0.6 is 0 Å². The van der Waals surface area contributed by atoms with Crippen LogP contribution in [0.1, 0.15) is 50.5 Å². The van der Waals surface area contributed by atoms with Gasteiger partial charge >= 0.3 is 5.97 Å². The van der Waals surface area contributed by atoms with Gasteiger partial charge in [0.1, 0.15) is 11.2 Å². The van der Waals surface area contributed by atoms with Crippen molar-refractivity contribution in [2.24, 2.45) is 11.3 Å². The number of carboxylic acid groups (broad SMARTS) is 2. The molecule has 8 heteroatoms. The minimum Gasteiger partial charge on any atom is -0.497 e. The molecule has 0 aromatic heterocycles. The fraction of sp³-hybridized carbons (Fsp3) is 0.609. The van der Waals surface area contributed by atoms with Crippen molar-refractivity contribution < 1.29 is 34.4 Å². The van der Waals surface area contributed by atoms with Crippen LogP contribution in [0.3, 0.4) is 0 Å². The number of carboxylic acids is 1. The van der Waals surface area contributed by atoms with Gasteiger partial charge in [-0.1, -0.05) is 31.4 Å². The molecule has 3 N–H and O–H groups in total. The third-order valence-electron chi connectivity index (χ3n) is 6.40. The van der Waals surface area contributed by atoms with E-state index in [0.29, 0.717) is 24.6 Å². The van der Waals surface area contributed by atoms with Crippen LogP contribution in [0, 0.1) is 11.3 Å².